The Hall–Kier alpha value is -2.30. The fraction of sp³-hybridized carbons (Fsp3) is 0.333. The van der Waals surface area contributed by atoms with Crippen molar-refractivity contribution in [3.05, 3.63) is 48.0 Å². The number of carbonyl (C=O) groups is 1. The number of hydrogen-bond acceptors (Lipinski definition) is 4. The Morgan fingerprint density at radius 3 is 2.40 bits per heavy atom. The smallest absolute Gasteiger partial charge is 0.302 e. The van der Waals surface area contributed by atoms with E-state index in [9.17, 15) is 4.79 Å². The van der Waals surface area contributed by atoms with Gasteiger partial charge >= 0.3 is 5.97 Å². The summed E-state index contributed by atoms with van der Waals surface area (Å²) in [5.74, 6) is 1.11. The molecule has 108 valence electrons. The van der Waals surface area contributed by atoms with Crippen molar-refractivity contribution in [1.29, 1.82) is 0 Å². The van der Waals surface area contributed by atoms with E-state index in [4.69, 9.17) is 5.11 Å². The summed E-state index contributed by atoms with van der Waals surface area (Å²) in [7, 11) is 1.97. The maximum Gasteiger partial charge on any atom is 0.302 e. The van der Waals surface area contributed by atoms with E-state index in [1.807, 2.05) is 29.9 Å². The highest BCUT2D eigenvalue weighted by molar-refractivity contribution is 5.65. The van der Waals surface area contributed by atoms with Crippen LogP contribution in [0, 0.1) is 0 Å². The lowest BCUT2D eigenvalue weighted by Gasteiger charge is -2.01. The van der Waals surface area contributed by atoms with Crippen LogP contribution < -0.4 is 0 Å². The molecule has 0 saturated heterocycles. The van der Waals surface area contributed by atoms with Crippen molar-refractivity contribution in [2.45, 2.75) is 20.3 Å². The van der Waals surface area contributed by atoms with Gasteiger partial charge in [0.15, 0.2) is 0 Å². The third-order valence-corrected chi connectivity index (χ3v) is 2.57. The molecule has 1 heterocycles. The van der Waals surface area contributed by atoms with Gasteiger partial charge in [0, 0.05) is 32.8 Å². The zero-order valence-corrected chi connectivity index (χ0v) is 12.0. The summed E-state index contributed by atoms with van der Waals surface area (Å²) >= 11 is 0. The maximum absolute atomic E-state index is 9.82. The molecular weight excluding hydrogens is 256 g/mol. The van der Waals surface area contributed by atoms with Gasteiger partial charge in [0.1, 0.15) is 11.6 Å². The minimum absolute atomic E-state index is 0.211. The molecule has 2 aromatic rings. The summed E-state index contributed by atoms with van der Waals surface area (Å²) in [6, 6.07) is 7.20. The van der Waals surface area contributed by atoms with Crippen LogP contribution in [0.25, 0.3) is 0 Å². The molecule has 1 aromatic heterocycles. The molecule has 0 fully saturated rings. The van der Waals surface area contributed by atoms with E-state index >= 15 is 0 Å². The van der Waals surface area contributed by atoms with Crippen LogP contribution in [0.4, 0.5) is 0 Å². The van der Waals surface area contributed by atoms with Gasteiger partial charge in [-0.05, 0) is 24.6 Å². The highest BCUT2D eigenvalue weighted by Gasteiger charge is 2.00. The van der Waals surface area contributed by atoms with Gasteiger partial charge in [0.2, 0.25) is 0 Å². The number of aromatic nitrogens is 2. The molecule has 0 saturated carbocycles. The molecule has 5 heteroatoms. The molecule has 0 aliphatic carbocycles. The summed E-state index contributed by atoms with van der Waals surface area (Å²) < 4.78 is 6.40. The number of aromatic hydroxyl groups is 1. The summed E-state index contributed by atoms with van der Waals surface area (Å²) in [5.41, 5.74) is 1.15. The molecule has 2 rings (SSSR count). The Kier molecular flexibility index (Phi) is 6.29. The van der Waals surface area contributed by atoms with E-state index < -0.39 is 0 Å². The molecule has 5 nitrogen and oxygen atoms in total. The standard InChI is InChI=1S/C11H12N2O.C4H8O2/c1-13-7-6-12-11(13)8-9-2-4-10(14)5-3-9;1-3-6-4(2)5/h2-7,14H,8H2,1H3;3H2,1-2H3. The number of ether oxygens (including phenoxy) is 1. The number of aryl methyl sites for hydroxylation is 1. The quantitative estimate of drug-likeness (QED) is 0.874. The van der Waals surface area contributed by atoms with Crippen LogP contribution in [0.3, 0.4) is 0 Å². The van der Waals surface area contributed by atoms with Crippen molar-refractivity contribution >= 4 is 5.97 Å². The number of esters is 1. The van der Waals surface area contributed by atoms with E-state index in [-0.39, 0.29) is 5.97 Å². The molecule has 0 bridgehead atoms. The molecule has 1 aromatic carbocycles. The number of imidazole rings is 1. The topological polar surface area (TPSA) is 64.4 Å². The van der Waals surface area contributed by atoms with Crippen LogP contribution in [0.5, 0.6) is 5.75 Å². The van der Waals surface area contributed by atoms with Gasteiger partial charge in [-0.1, -0.05) is 12.1 Å². The van der Waals surface area contributed by atoms with Crippen LogP contribution in [-0.2, 0) is 23.0 Å². The maximum atomic E-state index is 9.82. The number of nitrogens with zero attached hydrogens (tertiary/aromatic N) is 2. The summed E-state index contributed by atoms with van der Waals surface area (Å²) in [5, 5.41) is 9.12. The Morgan fingerprint density at radius 1 is 1.35 bits per heavy atom. The molecular formula is C15H20N2O3. The van der Waals surface area contributed by atoms with Crippen molar-refractivity contribution in [2.75, 3.05) is 6.61 Å². The highest BCUT2D eigenvalue weighted by atomic mass is 16.5. The van der Waals surface area contributed by atoms with E-state index in [1.165, 1.54) is 6.92 Å². The molecule has 0 unspecified atom stereocenters. The molecule has 20 heavy (non-hydrogen) atoms. The van der Waals surface area contributed by atoms with Crippen LogP contribution in [0.2, 0.25) is 0 Å². The summed E-state index contributed by atoms with van der Waals surface area (Å²) in [6.45, 7) is 3.65. The monoisotopic (exact) mass is 276 g/mol. The number of hydrogen-bond donors (Lipinski definition) is 1. The minimum Gasteiger partial charge on any atom is -0.508 e. The molecule has 0 radical (unpaired) electrons. The van der Waals surface area contributed by atoms with E-state index in [0.717, 1.165) is 17.8 Å². The lowest BCUT2D eigenvalue weighted by atomic mass is 10.1. The third kappa shape index (κ3) is 5.56. The van der Waals surface area contributed by atoms with Crippen LogP contribution in [0.15, 0.2) is 36.7 Å². The largest absolute Gasteiger partial charge is 0.508 e. The average molecular weight is 276 g/mol. The van der Waals surface area contributed by atoms with Gasteiger partial charge in [0.05, 0.1) is 6.61 Å². The van der Waals surface area contributed by atoms with Gasteiger partial charge in [-0.3, -0.25) is 4.79 Å². The molecule has 0 atom stereocenters. The van der Waals surface area contributed by atoms with Crippen molar-refractivity contribution in [3.8, 4) is 5.75 Å². The first-order valence-corrected chi connectivity index (χ1v) is 6.40. The predicted octanol–water partition coefficient (Wildman–Crippen LogP) is 2.29. The van der Waals surface area contributed by atoms with Gasteiger partial charge in [-0.2, -0.15) is 0 Å². The van der Waals surface area contributed by atoms with Gasteiger partial charge in [-0.15, -0.1) is 0 Å². The van der Waals surface area contributed by atoms with Crippen molar-refractivity contribution in [3.63, 3.8) is 0 Å². The Balaban J connectivity index is 0.000000286. The number of phenols is 1. The zero-order valence-electron chi connectivity index (χ0n) is 12.0. The minimum atomic E-state index is -0.211. The second-order valence-corrected chi connectivity index (χ2v) is 4.22. The lowest BCUT2D eigenvalue weighted by Crippen LogP contribution is -1.97. The van der Waals surface area contributed by atoms with Crippen LogP contribution in [0.1, 0.15) is 25.2 Å². The Labute approximate surface area is 118 Å². The predicted molar refractivity (Wildman–Crippen MR) is 76.4 cm³/mol. The molecule has 0 amide bonds. The molecule has 1 N–H and O–H groups in total. The normalized spacial score (nSPS) is 9.55. The lowest BCUT2D eigenvalue weighted by molar-refractivity contribution is -0.140. The Bertz CT molecular complexity index is 532. The van der Waals surface area contributed by atoms with E-state index in [0.29, 0.717) is 12.4 Å². The SMILES string of the molecule is CCOC(C)=O.Cn1ccnc1Cc1ccc(O)cc1. The number of rotatable bonds is 3. The first-order chi connectivity index (χ1) is 9.52. The third-order valence-electron chi connectivity index (χ3n) is 2.57. The average Bonchev–Trinajstić information content (AvgIpc) is 2.79. The number of phenolic OH excluding ortho intramolecular Hbond substituents is 1. The second kappa shape index (κ2) is 7.99. The zero-order chi connectivity index (χ0) is 15.0. The van der Waals surface area contributed by atoms with E-state index in [1.54, 1.807) is 25.3 Å². The van der Waals surface area contributed by atoms with Crippen LogP contribution >= 0.6 is 0 Å². The van der Waals surface area contributed by atoms with Gasteiger partial charge < -0.3 is 14.4 Å². The molecule has 0 aliphatic rings. The van der Waals surface area contributed by atoms with Crippen molar-refractivity contribution in [1.82, 2.24) is 9.55 Å². The van der Waals surface area contributed by atoms with Crippen molar-refractivity contribution in [2.24, 2.45) is 7.05 Å². The fourth-order valence-corrected chi connectivity index (χ4v) is 1.57. The summed E-state index contributed by atoms with van der Waals surface area (Å²) in [4.78, 5) is 14.1. The van der Waals surface area contributed by atoms with Gasteiger partial charge in [0.25, 0.3) is 0 Å². The van der Waals surface area contributed by atoms with Crippen molar-refractivity contribution < 1.29 is 14.6 Å². The van der Waals surface area contributed by atoms with Crippen LogP contribution in [-0.4, -0.2) is 27.2 Å². The summed E-state index contributed by atoms with van der Waals surface area (Å²) in [6.07, 6.45) is 4.51. The second-order valence-electron chi connectivity index (χ2n) is 4.22. The fourth-order valence-electron chi connectivity index (χ4n) is 1.57. The first kappa shape index (κ1) is 15.8. The Morgan fingerprint density at radius 2 is 2.00 bits per heavy atom. The van der Waals surface area contributed by atoms with Gasteiger partial charge in [-0.25, -0.2) is 4.98 Å². The molecule has 0 aliphatic heterocycles. The highest BCUT2D eigenvalue weighted by Crippen LogP contribution is 2.12. The first-order valence-electron chi connectivity index (χ1n) is 6.40. The number of benzene rings is 1. The molecule has 0 spiro atoms. The number of carbonyl (C=O) groups excluding carboxylic acids is 1. The van der Waals surface area contributed by atoms with E-state index in [2.05, 4.69) is 9.72 Å².